The number of ether oxygens (including phenoxy) is 4. The van der Waals surface area contributed by atoms with Crippen LogP contribution in [0.15, 0.2) is 18.2 Å². The zero-order chi connectivity index (χ0) is 14.1. The molecule has 0 amide bonds. The Balaban J connectivity index is 2.60. The van der Waals surface area contributed by atoms with Gasteiger partial charge in [-0.2, -0.15) is 0 Å². The smallest absolute Gasteiger partial charge is 0.216 e. The number of benzene rings is 1. The van der Waals surface area contributed by atoms with Crippen molar-refractivity contribution in [1.82, 2.24) is 5.32 Å². The molecule has 0 atom stereocenters. The van der Waals surface area contributed by atoms with Crippen LogP contribution in [-0.4, -0.2) is 33.8 Å². The van der Waals surface area contributed by atoms with Crippen molar-refractivity contribution in [2.45, 2.75) is 26.8 Å². The highest BCUT2D eigenvalue weighted by atomic mass is 16.7. The van der Waals surface area contributed by atoms with Crippen molar-refractivity contribution < 1.29 is 18.9 Å². The van der Waals surface area contributed by atoms with E-state index in [4.69, 9.17) is 18.9 Å². The van der Waals surface area contributed by atoms with Crippen LogP contribution in [0.2, 0.25) is 0 Å². The van der Waals surface area contributed by atoms with Crippen LogP contribution in [-0.2, 0) is 16.0 Å². The standard InChI is InChI=1S/C14H23NO4/c1-5-18-14(19-6-2)15-10-11-7-8-12(16-3)13(9-11)17-4/h7-9,14-15H,5-6,10H2,1-4H3. The second-order valence-corrected chi connectivity index (χ2v) is 3.81. The molecule has 1 rings (SSSR count). The summed E-state index contributed by atoms with van der Waals surface area (Å²) >= 11 is 0. The summed E-state index contributed by atoms with van der Waals surface area (Å²) in [4.78, 5) is 0. The highest BCUT2D eigenvalue weighted by molar-refractivity contribution is 5.42. The van der Waals surface area contributed by atoms with Gasteiger partial charge >= 0.3 is 0 Å². The molecule has 5 heteroatoms. The van der Waals surface area contributed by atoms with Gasteiger partial charge in [0.05, 0.1) is 14.2 Å². The molecule has 0 aliphatic heterocycles. The molecule has 0 aromatic heterocycles. The molecule has 0 aliphatic rings. The van der Waals surface area contributed by atoms with Gasteiger partial charge < -0.3 is 18.9 Å². The van der Waals surface area contributed by atoms with Crippen molar-refractivity contribution in [3.8, 4) is 11.5 Å². The second kappa shape index (κ2) is 8.74. The van der Waals surface area contributed by atoms with E-state index in [1.807, 2.05) is 32.0 Å². The topological polar surface area (TPSA) is 49.0 Å². The minimum absolute atomic E-state index is 0.386. The van der Waals surface area contributed by atoms with Crippen molar-refractivity contribution in [1.29, 1.82) is 0 Å². The third kappa shape index (κ3) is 5.06. The van der Waals surface area contributed by atoms with Crippen LogP contribution in [0, 0.1) is 0 Å². The highest BCUT2D eigenvalue weighted by Gasteiger charge is 2.08. The van der Waals surface area contributed by atoms with Gasteiger partial charge in [-0.1, -0.05) is 6.07 Å². The quantitative estimate of drug-likeness (QED) is 0.696. The summed E-state index contributed by atoms with van der Waals surface area (Å²) < 4.78 is 21.3. The van der Waals surface area contributed by atoms with Crippen molar-refractivity contribution >= 4 is 0 Å². The monoisotopic (exact) mass is 269 g/mol. The summed E-state index contributed by atoms with van der Waals surface area (Å²) in [5.74, 6) is 1.43. The molecule has 108 valence electrons. The van der Waals surface area contributed by atoms with Crippen molar-refractivity contribution in [2.24, 2.45) is 0 Å². The van der Waals surface area contributed by atoms with Crippen LogP contribution < -0.4 is 14.8 Å². The Labute approximate surface area is 114 Å². The van der Waals surface area contributed by atoms with Crippen molar-refractivity contribution in [3.63, 3.8) is 0 Å². The summed E-state index contributed by atoms with van der Waals surface area (Å²) in [7, 11) is 3.24. The van der Waals surface area contributed by atoms with Crippen LogP contribution >= 0.6 is 0 Å². The van der Waals surface area contributed by atoms with E-state index >= 15 is 0 Å². The molecule has 1 aromatic rings. The van der Waals surface area contributed by atoms with Gasteiger partial charge in [0.15, 0.2) is 11.5 Å². The van der Waals surface area contributed by atoms with Crippen molar-refractivity contribution in [3.05, 3.63) is 23.8 Å². The molecule has 5 nitrogen and oxygen atoms in total. The largest absolute Gasteiger partial charge is 0.493 e. The molecule has 0 saturated heterocycles. The Hall–Kier alpha value is -1.30. The number of hydrogen-bond acceptors (Lipinski definition) is 5. The molecule has 0 heterocycles. The van der Waals surface area contributed by atoms with Gasteiger partial charge in [0.25, 0.3) is 0 Å². The summed E-state index contributed by atoms with van der Waals surface area (Å²) in [5, 5.41) is 3.19. The molecule has 0 fully saturated rings. The first-order chi connectivity index (χ1) is 9.24. The minimum Gasteiger partial charge on any atom is -0.493 e. The van der Waals surface area contributed by atoms with Gasteiger partial charge in [-0.3, -0.25) is 5.32 Å². The van der Waals surface area contributed by atoms with Crippen LogP contribution in [0.4, 0.5) is 0 Å². The molecule has 0 unspecified atom stereocenters. The Bertz CT molecular complexity index is 364. The maximum Gasteiger partial charge on any atom is 0.216 e. The summed E-state index contributed by atoms with van der Waals surface area (Å²) in [6, 6.07) is 5.79. The summed E-state index contributed by atoms with van der Waals surface area (Å²) in [6.07, 6.45) is -0.386. The van der Waals surface area contributed by atoms with E-state index in [1.165, 1.54) is 0 Å². The summed E-state index contributed by atoms with van der Waals surface area (Å²) in [6.45, 7) is 5.70. The van der Waals surface area contributed by atoms with E-state index in [0.29, 0.717) is 25.5 Å². The average molecular weight is 269 g/mol. The number of nitrogens with one attached hydrogen (secondary N) is 1. The van der Waals surface area contributed by atoms with Crippen LogP contribution in [0.3, 0.4) is 0 Å². The Morgan fingerprint density at radius 1 is 1.00 bits per heavy atom. The lowest BCUT2D eigenvalue weighted by atomic mass is 10.2. The lowest BCUT2D eigenvalue weighted by Gasteiger charge is -2.18. The minimum atomic E-state index is -0.386. The number of methoxy groups -OCH3 is 2. The van der Waals surface area contributed by atoms with Crippen molar-refractivity contribution in [2.75, 3.05) is 27.4 Å². The zero-order valence-electron chi connectivity index (χ0n) is 12.1. The Kier molecular flexibility index (Phi) is 7.25. The molecule has 0 saturated carbocycles. The van der Waals surface area contributed by atoms with E-state index in [2.05, 4.69) is 5.32 Å². The predicted molar refractivity (Wildman–Crippen MR) is 73.4 cm³/mol. The molecule has 19 heavy (non-hydrogen) atoms. The van der Waals surface area contributed by atoms with E-state index < -0.39 is 0 Å². The SMILES string of the molecule is CCOC(NCc1ccc(OC)c(OC)c1)OCC. The predicted octanol–water partition coefficient (Wildman–Crippen LogP) is 2.15. The molecule has 0 bridgehead atoms. The maximum atomic E-state index is 5.42. The van der Waals surface area contributed by atoms with Crippen LogP contribution in [0.25, 0.3) is 0 Å². The number of hydrogen-bond donors (Lipinski definition) is 1. The third-order valence-corrected chi connectivity index (χ3v) is 2.56. The van der Waals surface area contributed by atoms with E-state index in [1.54, 1.807) is 14.2 Å². The molecule has 1 aromatic carbocycles. The van der Waals surface area contributed by atoms with Gasteiger partial charge in [-0.05, 0) is 31.5 Å². The molecule has 0 aliphatic carbocycles. The lowest BCUT2D eigenvalue weighted by Crippen LogP contribution is -2.34. The Morgan fingerprint density at radius 2 is 1.63 bits per heavy atom. The molecule has 0 radical (unpaired) electrons. The van der Waals surface area contributed by atoms with E-state index in [-0.39, 0.29) is 6.41 Å². The fourth-order valence-electron chi connectivity index (χ4n) is 1.66. The fourth-order valence-corrected chi connectivity index (χ4v) is 1.66. The second-order valence-electron chi connectivity index (χ2n) is 3.81. The lowest BCUT2D eigenvalue weighted by molar-refractivity contribution is -0.155. The van der Waals surface area contributed by atoms with Gasteiger partial charge in [0, 0.05) is 19.8 Å². The first kappa shape index (κ1) is 15.8. The maximum absolute atomic E-state index is 5.42. The Morgan fingerprint density at radius 3 is 2.16 bits per heavy atom. The van der Waals surface area contributed by atoms with Crippen LogP contribution in [0.5, 0.6) is 11.5 Å². The highest BCUT2D eigenvalue weighted by Crippen LogP contribution is 2.27. The van der Waals surface area contributed by atoms with Gasteiger partial charge in [0.1, 0.15) is 0 Å². The van der Waals surface area contributed by atoms with Gasteiger partial charge in [-0.25, -0.2) is 0 Å². The van der Waals surface area contributed by atoms with Gasteiger partial charge in [-0.15, -0.1) is 0 Å². The van der Waals surface area contributed by atoms with Crippen LogP contribution in [0.1, 0.15) is 19.4 Å². The molecular weight excluding hydrogens is 246 g/mol. The first-order valence-electron chi connectivity index (χ1n) is 6.42. The zero-order valence-corrected chi connectivity index (χ0v) is 12.1. The fraction of sp³-hybridized carbons (Fsp3) is 0.571. The number of rotatable bonds is 9. The van der Waals surface area contributed by atoms with E-state index in [0.717, 1.165) is 11.3 Å². The third-order valence-electron chi connectivity index (χ3n) is 2.56. The first-order valence-corrected chi connectivity index (χ1v) is 6.42. The molecule has 0 spiro atoms. The van der Waals surface area contributed by atoms with E-state index in [9.17, 15) is 0 Å². The van der Waals surface area contributed by atoms with Gasteiger partial charge in [0.2, 0.25) is 6.41 Å². The molecular formula is C14H23NO4. The average Bonchev–Trinajstić information content (AvgIpc) is 2.44. The molecule has 1 N–H and O–H groups in total. The normalized spacial score (nSPS) is 10.8. The summed E-state index contributed by atoms with van der Waals surface area (Å²) in [5.41, 5.74) is 1.07.